The van der Waals surface area contributed by atoms with E-state index in [0.29, 0.717) is 5.25 Å². The van der Waals surface area contributed by atoms with Gasteiger partial charge in [0, 0.05) is 29.8 Å². The van der Waals surface area contributed by atoms with Crippen molar-refractivity contribution in [3.63, 3.8) is 0 Å². The topological polar surface area (TPSA) is 67.8 Å². The smallest absolute Gasteiger partial charge is 0.170 e. The molecule has 0 aromatic heterocycles. The van der Waals surface area contributed by atoms with Crippen molar-refractivity contribution in [2.75, 3.05) is 13.2 Å². The van der Waals surface area contributed by atoms with E-state index in [1.165, 1.54) is 11.1 Å². The summed E-state index contributed by atoms with van der Waals surface area (Å²) in [5.74, 6) is 1.17. The molecule has 1 aliphatic heterocycles. The summed E-state index contributed by atoms with van der Waals surface area (Å²) in [4.78, 5) is 0. The highest BCUT2D eigenvalue weighted by Crippen LogP contribution is 2.27. The van der Waals surface area contributed by atoms with Crippen LogP contribution in [0, 0.1) is 6.92 Å². The highest BCUT2D eigenvalue weighted by atomic mass is 32.2. The van der Waals surface area contributed by atoms with E-state index >= 15 is 0 Å². The van der Waals surface area contributed by atoms with Gasteiger partial charge in [0.25, 0.3) is 0 Å². The van der Waals surface area contributed by atoms with Crippen LogP contribution >= 0.6 is 11.8 Å². The molecule has 0 radical (unpaired) electrons. The van der Waals surface area contributed by atoms with Gasteiger partial charge in [-0.1, -0.05) is 17.3 Å². The first kappa shape index (κ1) is 14.2. The Hall–Kier alpha value is -1.20. The Bertz CT molecular complexity index is 457. The van der Waals surface area contributed by atoms with Crippen molar-refractivity contribution in [3.8, 4) is 0 Å². The van der Waals surface area contributed by atoms with Crippen molar-refractivity contribution in [3.05, 3.63) is 34.9 Å². The molecule has 1 saturated heterocycles. The van der Waals surface area contributed by atoms with Gasteiger partial charge in [0.15, 0.2) is 5.84 Å². The average Bonchev–Trinajstić information content (AvgIpc) is 2.46. The molecule has 0 aliphatic carbocycles. The molecule has 1 heterocycles. The number of nitrogens with zero attached hydrogens (tertiary/aromatic N) is 1. The molecule has 104 valence electrons. The number of amidine groups is 1. The molecule has 0 unspecified atom stereocenters. The molecule has 2 rings (SSSR count). The van der Waals surface area contributed by atoms with Crippen LogP contribution in [0.5, 0.6) is 0 Å². The van der Waals surface area contributed by atoms with E-state index in [-0.39, 0.29) is 5.84 Å². The molecule has 0 saturated carbocycles. The first-order valence-electron chi connectivity index (χ1n) is 6.47. The van der Waals surface area contributed by atoms with Gasteiger partial charge in [-0.2, -0.15) is 11.8 Å². The van der Waals surface area contributed by atoms with E-state index in [1.807, 2.05) is 23.9 Å². The highest BCUT2D eigenvalue weighted by molar-refractivity contribution is 7.99. The molecule has 5 heteroatoms. The third-order valence-corrected chi connectivity index (χ3v) is 4.81. The molecule has 0 spiro atoms. The van der Waals surface area contributed by atoms with Crippen molar-refractivity contribution in [1.29, 1.82) is 0 Å². The molecule has 1 fully saturated rings. The van der Waals surface area contributed by atoms with Gasteiger partial charge in [-0.3, -0.25) is 0 Å². The minimum atomic E-state index is 0.159. The number of rotatable bonds is 4. The molecule has 4 nitrogen and oxygen atoms in total. The predicted molar refractivity (Wildman–Crippen MR) is 78.8 cm³/mol. The summed E-state index contributed by atoms with van der Waals surface area (Å²) < 4.78 is 5.37. The van der Waals surface area contributed by atoms with Crippen LogP contribution in [-0.4, -0.2) is 29.5 Å². The highest BCUT2D eigenvalue weighted by Gasteiger charge is 2.14. The largest absolute Gasteiger partial charge is 0.409 e. The van der Waals surface area contributed by atoms with Crippen molar-refractivity contribution in [2.24, 2.45) is 10.9 Å². The SMILES string of the molecule is Cc1cc(/C(N)=N/O)ccc1CSC1CCOCC1. The van der Waals surface area contributed by atoms with Crippen molar-refractivity contribution in [1.82, 2.24) is 0 Å². The maximum absolute atomic E-state index is 8.67. The zero-order valence-electron chi connectivity index (χ0n) is 11.1. The summed E-state index contributed by atoms with van der Waals surface area (Å²) in [6.07, 6.45) is 2.29. The lowest BCUT2D eigenvalue weighted by molar-refractivity contribution is 0.1000. The second-order valence-electron chi connectivity index (χ2n) is 4.75. The monoisotopic (exact) mass is 280 g/mol. The van der Waals surface area contributed by atoms with Crippen LogP contribution in [0.3, 0.4) is 0 Å². The lowest BCUT2D eigenvalue weighted by Gasteiger charge is -2.21. The van der Waals surface area contributed by atoms with Gasteiger partial charge >= 0.3 is 0 Å². The molecular formula is C14H20N2O2S. The van der Waals surface area contributed by atoms with Crippen LogP contribution in [-0.2, 0) is 10.5 Å². The second kappa shape index (κ2) is 6.82. The molecule has 3 N–H and O–H groups in total. The van der Waals surface area contributed by atoms with Gasteiger partial charge in [0.2, 0.25) is 0 Å². The molecule has 1 aromatic rings. The van der Waals surface area contributed by atoms with Crippen LogP contribution in [0.4, 0.5) is 0 Å². The van der Waals surface area contributed by atoms with Crippen LogP contribution in [0.1, 0.15) is 29.5 Å². The predicted octanol–water partition coefficient (Wildman–Crippen LogP) is 2.50. The molecule has 19 heavy (non-hydrogen) atoms. The first-order chi connectivity index (χ1) is 9.20. The van der Waals surface area contributed by atoms with Gasteiger partial charge in [-0.05, 0) is 37.0 Å². The molecule has 1 aromatic carbocycles. The number of benzene rings is 1. The van der Waals surface area contributed by atoms with Crippen molar-refractivity contribution < 1.29 is 9.94 Å². The number of oxime groups is 1. The Balaban J connectivity index is 1.97. The number of nitrogens with two attached hydrogens (primary N) is 1. The van der Waals surface area contributed by atoms with E-state index in [1.54, 1.807) is 0 Å². The summed E-state index contributed by atoms with van der Waals surface area (Å²) in [5, 5.41) is 12.4. The fraction of sp³-hybridized carbons (Fsp3) is 0.500. The lowest BCUT2D eigenvalue weighted by atomic mass is 10.1. The van der Waals surface area contributed by atoms with Crippen LogP contribution in [0.2, 0.25) is 0 Å². The van der Waals surface area contributed by atoms with Gasteiger partial charge in [0.1, 0.15) is 0 Å². The van der Waals surface area contributed by atoms with Gasteiger partial charge < -0.3 is 15.7 Å². The fourth-order valence-electron chi connectivity index (χ4n) is 2.13. The van der Waals surface area contributed by atoms with Crippen LogP contribution in [0.15, 0.2) is 23.4 Å². The Labute approximate surface area is 118 Å². The Kier molecular flexibility index (Phi) is 5.10. The van der Waals surface area contributed by atoms with Crippen LogP contribution < -0.4 is 5.73 Å². The van der Waals surface area contributed by atoms with Gasteiger partial charge in [0.05, 0.1) is 0 Å². The maximum Gasteiger partial charge on any atom is 0.170 e. The standard InChI is InChI=1S/C14H20N2O2S/c1-10-8-11(14(15)16-17)2-3-12(10)9-19-13-4-6-18-7-5-13/h2-3,8,13,17H,4-7,9H2,1H3,(H2,15,16). The molecule has 0 atom stereocenters. The Morgan fingerprint density at radius 2 is 2.21 bits per heavy atom. The molecule has 0 bridgehead atoms. The van der Waals surface area contributed by atoms with E-state index in [4.69, 9.17) is 15.7 Å². The number of aryl methyl sites for hydroxylation is 1. The number of ether oxygens (including phenoxy) is 1. The maximum atomic E-state index is 8.67. The average molecular weight is 280 g/mol. The van der Waals surface area contributed by atoms with E-state index < -0.39 is 0 Å². The van der Waals surface area contributed by atoms with Gasteiger partial charge in [-0.25, -0.2) is 0 Å². The van der Waals surface area contributed by atoms with Crippen molar-refractivity contribution >= 4 is 17.6 Å². The number of hydrogen-bond acceptors (Lipinski definition) is 4. The quantitative estimate of drug-likeness (QED) is 0.385. The zero-order chi connectivity index (χ0) is 13.7. The summed E-state index contributed by atoms with van der Waals surface area (Å²) in [7, 11) is 0. The van der Waals surface area contributed by atoms with E-state index in [0.717, 1.165) is 37.4 Å². The third kappa shape index (κ3) is 3.88. The third-order valence-electron chi connectivity index (χ3n) is 3.39. The Morgan fingerprint density at radius 1 is 1.47 bits per heavy atom. The number of hydrogen-bond donors (Lipinski definition) is 2. The van der Waals surface area contributed by atoms with Gasteiger partial charge in [-0.15, -0.1) is 0 Å². The zero-order valence-corrected chi connectivity index (χ0v) is 11.9. The fourth-order valence-corrected chi connectivity index (χ4v) is 3.39. The first-order valence-corrected chi connectivity index (χ1v) is 7.52. The van der Waals surface area contributed by atoms with Crippen molar-refractivity contribution in [2.45, 2.75) is 30.8 Å². The molecule has 1 aliphatic rings. The number of thioether (sulfide) groups is 1. The molecular weight excluding hydrogens is 260 g/mol. The summed E-state index contributed by atoms with van der Waals surface area (Å²) in [6, 6.07) is 5.94. The summed E-state index contributed by atoms with van der Waals surface area (Å²) in [5.41, 5.74) is 8.84. The van der Waals surface area contributed by atoms with E-state index in [2.05, 4.69) is 18.1 Å². The van der Waals surface area contributed by atoms with E-state index in [9.17, 15) is 0 Å². The van der Waals surface area contributed by atoms with Crippen LogP contribution in [0.25, 0.3) is 0 Å². The second-order valence-corrected chi connectivity index (χ2v) is 6.04. The molecule has 0 amide bonds. The normalized spacial score (nSPS) is 17.6. The Morgan fingerprint density at radius 3 is 2.84 bits per heavy atom. The minimum absolute atomic E-state index is 0.159. The minimum Gasteiger partial charge on any atom is -0.409 e. The lowest BCUT2D eigenvalue weighted by Crippen LogP contribution is -2.17. The summed E-state index contributed by atoms with van der Waals surface area (Å²) in [6.45, 7) is 3.84. The summed E-state index contributed by atoms with van der Waals surface area (Å²) >= 11 is 1.99.